The van der Waals surface area contributed by atoms with Crippen LogP contribution in [0, 0.1) is 6.92 Å². The monoisotopic (exact) mass is 282 g/mol. The predicted molar refractivity (Wildman–Crippen MR) is 86.0 cm³/mol. The summed E-state index contributed by atoms with van der Waals surface area (Å²) in [6.45, 7) is 2.12. The summed E-state index contributed by atoms with van der Waals surface area (Å²) in [6.07, 6.45) is 1.87. The minimum absolute atomic E-state index is 0.0879. The lowest BCUT2D eigenvalue weighted by atomic mass is 10.0. The fraction of sp³-hybridized carbons (Fsp3) is 0.235. The van der Waals surface area contributed by atoms with Crippen molar-refractivity contribution in [3.63, 3.8) is 0 Å². The smallest absolute Gasteiger partial charge is 0.0939 e. The van der Waals surface area contributed by atoms with E-state index in [-0.39, 0.29) is 6.04 Å². The molecule has 0 fully saturated rings. The molecule has 0 aliphatic heterocycles. The maximum absolute atomic E-state index is 6.24. The average Bonchev–Trinajstić information content (AvgIpc) is 2.87. The molecule has 0 aliphatic carbocycles. The molecule has 1 aromatic heterocycles. The number of hydrogen-bond acceptors (Lipinski definition) is 3. The standard InChI is InChI=1S/C17H18N2S/c1-12-7-9-15-16(11-12)20-17(19-15)10-8-14(18)13-5-3-2-4-6-13/h2-7,9,11,14H,8,10,18H2,1H3. The number of fused-ring (bicyclic) bond motifs is 1. The van der Waals surface area contributed by atoms with Gasteiger partial charge in [-0.3, -0.25) is 0 Å². The highest BCUT2D eigenvalue weighted by atomic mass is 32.1. The van der Waals surface area contributed by atoms with Crippen LogP contribution in [0.5, 0.6) is 0 Å². The summed E-state index contributed by atoms with van der Waals surface area (Å²) < 4.78 is 1.27. The summed E-state index contributed by atoms with van der Waals surface area (Å²) in [5.74, 6) is 0. The van der Waals surface area contributed by atoms with Crippen molar-refractivity contribution in [3.8, 4) is 0 Å². The second-order valence-corrected chi connectivity index (χ2v) is 6.25. The molecule has 1 unspecified atom stereocenters. The number of hydrogen-bond donors (Lipinski definition) is 1. The van der Waals surface area contributed by atoms with Gasteiger partial charge in [-0.1, -0.05) is 36.4 Å². The van der Waals surface area contributed by atoms with Gasteiger partial charge in [0.1, 0.15) is 0 Å². The molecule has 102 valence electrons. The van der Waals surface area contributed by atoms with Crippen LogP contribution in [0.2, 0.25) is 0 Å². The van der Waals surface area contributed by atoms with Gasteiger partial charge in [0.25, 0.3) is 0 Å². The zero-order chi connectivity index (χ0) is 13.9. The lowest BCUT2D eigenvalue weighted by Gasteiger charge is -2.10. The maximum Gasteiger partial charge on any atom is 0.0939 e. The number of rotatable bonds is 4. The van der Waals surface area contributed by atoms with Crippen molar-refractivity contribution < 1.29 is 0 Å². The van der Waals surface area contributed by atoms with Crippen LogP contribution in [0.25, 0.3) is 10.2 Å². The molecule has 2 N–H and O–H groups in total. The van der Waals surface area contributed by atoms with Crippen molar-refractivity contribution in [2.24, 2.45) is 5.73 Å². The summed E-state index contributed by atoms with van der Waals surface area (Å²) in [5.41, 5.74) is 9.82. The Morgan fingerprint density at radius 2 is 1.95 bits per heavy atom. The molecule has 1 atom stereocenters. The topological polar surface area (TPSA) is 38.9 Å². The van der Waals surface area contributed by atoms with Gasteiger partial charge in [-0.15, -0.1) is 11.3 Å². The number of nitrogens with zero attached hydrogens (tertiary/aromatic N) is 1. The van der Waals surface area contributed by atoms with Gasteiger partial charge < -0.3 is 5.73 Å². The predicted octanol–water partition coefficient (Wildman–Crippen LogP) is 4.24. The third kappa shape index (κ3) is 2.89. The van der Waals surface area contributed by atoms with E-state index >= 15 is 0 Å². The van der Waals surface area contributed by atoms with Crippen molar-refractivity contribution in [1.29, 1.82) is 0 Å². The van der Waals surface area contributed by atoms with E-state index < -0.39 is 0 Å². The molecule has 2 nitrogen and oxygen atoms in total. The van der Waals surface area contributed by atoms with Crippen LogP contribution in [0.15, 0.2) is 48.5 Å². The SMILES string of the molecule is Cc1ccc2nc(CCC(N)c3ccccc3)sc2c1. The molecule has 3 aromatic rings. The van der Waals surface area contributed by atoms with Gasteiger partial charge in [0, 0.05) is 12.5 Å². The van der Waals surface area contributed by atoms with E-state index in [1.807, 2.05) is 18.2 Å². The minimum atomic E-state index is 0.0879. The summed E-state index contributed by atoms with van der Waals surface area (Å²) in [5, 5.41) is 1.18. The maximum atomic E-state index is 6.24. The Bertz CT molecular complexity index is 703. The fourth-order valence-electron chi connectivity index (χ4n) is 2.33. The van der Waals surface area contributed by atoms with E-state index in [9.17, 15) is 0 Å². The van der Waals surface area contributed by atoms with Gasteiger partial charge in [-0.25, -0.2) is 4.98 Å². The minimum Gasteiger partial charge on any atom is -0.324 e. The van der Waals surface area contributed by atoms with Gasteiger partial charge in [0.2, 0.25) is 0 Å². The molecule has 0 amide bonds. The highest BCUT2D eigenvalue weighted by Gasteiger charge is 2.08. The molecular formula is C17H18N2S. The first-order chi connectivity index (χ1) is 9.72. The molecule has 0 aliphatic rings. The molecule has 3 heteroatoms. The van der Waals surface area contributed by atoms with Gasteiger partial charge in [-0.2, -0.15) is 0 Å². The Kier molecular flexibility index (Phi) is 3.81. The van der Waals surface area contributed by atoms with Crippen LogP contribution in [0.1, 0.15) is 28.6 Å². The second kappa shape index (κ2) is 5.73. The van der Waals surface area contributed by atoms with Crippen molar-refractivity contribution in [2.75, 3.05) is 0 Å². The van der Waals surface area contributed by atoms with Crippen LogP contribution in [-0.2, 0) is 6.42 Å². The van der Waals surface area contributed by atoms with Crippen molar-refractivity contribution in [3.05, 3.63) is 64.7 Å². The van der Waals surface area contributed by atoms with Gasteiger partial charge in [0.15, 0.2) is 0 Å². The lowest BCUT2D eigenvalue weighted by molar-refractivity contribution is 0.650. The normalized spacial score (nSPS) is 12.7. The Balaban J connectivity index is 1.71. The highest BCUT2D eigenvalue weighted by molar-refractivity contribution is 7.18. The molecule has 0 radical (unpaired) electrons. The molecule has 3 rings (SSSR count). The van der Waals surface area contributed by atoms with E-state index in [0.29, 0.717) is 0 Å². The van der Waals surface area contributed by atoms with Crippen molar-refractivity contribution in [2.45, 2.75) is 25.8 Å². The Morgan fingerprint density at radius 1 is 1.15 bits per heavy atom. The molecule has 0 saturated carbocycles. The third-order valence-corrected chi connectivity index (χ3v) is 4.56. The molecule has 0 saturated heterocycles. The number of thiazole rings is 1. The molecule has 1 heterocycles. The second-order valence-electron chi connectivity index (χ2n) is 5.13. The number of aryl methyl sites for hydroxylation is 2. The number of benzene rings is 2. The van der Waals surface area contributed by atoms with Gasteiger partial charge in [0.05, 0.1) is 15.2 Å². The Morgan fingerprint density at radius 3 is 2.75 bits per heavy atom. The number of aromatic nitrogens is 1. The zero-order valence-electron chi connectivity index (χ0n) is 11.5. The summed E-state index contributed by atoms with van der Waals surface area (Å²) in [6, 6.07) is 16.8. The van der Waals surface area contributed by atoms with Crippen LogP contribution in [-0.4, -0.2) is 4.98 Å². The summed E-state index contributed by atoms with van der Waals surface area (Å²) >= 11 is 1.78. The average molecular weight is 282 g/mol. The van der Waals surface area contributed by atoms with Crippen molar-refractivity contribution >= 4 is 21.6 Å². The Hall–Kier alpha value is -1.71. The quantitative estimate of drug-likeness (QED) is 0.777. The van der Waals surface area contributed by atoms with E-state index in [1.165, 1.54) is 20.8 Å². The van der Waals surface area contributed by atoms with Gasteiger partial charge >= 0.3 is 0 Å². The van der Waals surface area contributed by atoms with E-state index in [2.05, 4.69) is 42.2 Å². The molecule has 0 bridgehead atoms. The van der Waals surface area contributed by atoms with E-state index in [1.54, 1.807) is 11.3 Å². The largest absolute Gasteiger partial charge is 0.324 e. The zero-order valence-corrected chi connectivity index (χ0v) is 12.4. The summed E-state index contributed by atoms with van der Waals surface area (Å²) in [7, 11) is 0. The van der Waals surface area contributed by atoms with E-state index in [4.69, 9.17) is 5.73 Å². The number of nitrogens with two attached hydrogens (primary N) is 1. The van der Waals surface area contributed by atoms with E-state index in [0.717, 1.165) is 18.4 Å². The molecule has 2 aromatic carbocycles. The molecular weight excluding hydrogens is 264 g/mol. The van der Waals surface area contributed by atoms with Crippen LogP contribution in [0.3, 0.4) is 0 Å². The first-order valence-electron chi connectivity index (χ1n) is 6.89. The lowest BCUT2D eigenvalue weighted by Crippen LogP contribution is -2.10. The first-order valence-corrected chi connectivity index (χ1v) is 7.70. The first kappa shape index (κ1) is 13.3. The Labute approximate surface area is 123 Å². The van der Waals surface area contributed by atoms with Gasteiger partial charge in [-0.05, 0) is 36.6 Å². The summed E-state index contributed by atoms with van der Waals surface area (Å²) in [4.78, 5) is 4.68. The van der Waals surface area contributed by atoms with Crippen LogP contribution >= 0.6 is 11.3 Å². The molecule has 0 spiro atoms. The fourth-order valence-corrected chi connectivity index (χ4v) is 3.41. The third-order valence-electron chi connectivity index (χ3n) is 3.49. The molecule has 20 heavy (non-hydrogen) atoms. The van der Waals surface area contributed by atoms with Crippen LogP contribution < -0.4 is 5.73 Å². The van der Waals surface area contributed by atoms with Crippen molar-refractivity contribution in [1.82, 2.24) is 4.98 Å². The highest BCUT2D eigenvalue weighted by Crippen LogP contribution is 2.25. The van der Waals surface area contributed by atoms with Crippen LogP contribution in [0.4, 0.5) is 0 Å².